The summed E-state index contributed by atoms with van der Waals surface area (Å²) in [6.45, 7) is 6.32. The van der Waals surface area contributed by atoms with E-state index in [9.17, 15) is 9.59 Å². The summed E-state index contributed by atoms with van der Waals surface area (Å²) in [5.41, 5.74) is 4.19. The lowest BCUT2D eigenvalue weighted by atomic mass is 10.1. The minimum Gasteiger partial charge on any atom is -0.344 e. The summed E-state index contributed by atoms with van der Waals surface area (Å²) < 4.78 is 2.36. The van der Waals surface area contributed by atoms with Crippen molar-refractivity contribution >= 4 is 28.8 Å². The Morgan fingerprint density at radius 1 is 0.912 bits per heavy atom. The van der Waals surface area contributed by atoms with Crippen LogP contribution in [0.5, 0.6) is 0 Å². The molecular formula is C28H34N4O2. The van der Waals surface area contributed by atoms with E-state index in [1.54, 1.807) is 6.08 Å². The van der Waals surface area contributed by atoms with E-state index in [2.05, 4.69) is 48.7 Å². The maximum atomic E-state index is 12.9. The first kappa shape index (κ1) is 23.8. The first-order valence-corrected chi connectivity index (χ1v) is 12.0. The van der Waals surface area contributed by atoms with E-state index in [0.717, 1.165) is 25.1 Å². The Morgan fingerprint density at radius 3 is 2.26 bits per heavy atom. The van der Waals surface area contributed by atoms with Gasteiger partial charge in [0.2, 0.25) is 5.91 Å². The molecule has 2 heterocycles. The Hall–Kier alpha value is -3.38. The van der Waals surface area contributed by atoms with E-state index in [4.69, 9.17) is 0 Å². The van der Waals surface area contributed by atoms with Gasteiger partial charge in [-0.05, 0) is 58.3 Å². The fourth-order valence-corrected chi connectivity index (χ4v) is 4.65. The summed E-state index contributed by atoms with van der Waals surface area (Å²) in [6.07, 6.45) is 4.72. The van der Waals surface area contributed by atoms with E-state index in [-0.39, 0.29) is 11.8 Å². The van der Waals surface area contributed by atoms with Crippen molar-refractivity contribution in [1.82, 2.24) is 19.3 Å². The van der Waals surface area contributed by atoms with E-state index in [1.807, 2.05) is 52.3 Å². The summed E-state index contributed by atoms with van der Waals surface area (Å²) in [7, 11) is 4.19. The van der Waals surface area contributed by atoms with Gasteiger partial charge in [0, 0.05) is 66.5 Å². The molecule has 0 atom stereocenters. The number of aromatic nitrogens is 1. The van der Waals surface area contributed by atoms with Crippen molar-refractivity contribution in [2.75, 3.05) is 46.8 Å². The summed E-state index contributed by atoms with van der Waals surface area (Å²) >= 11 is 0. The van der Waals surface area contributed by atoms with E-state index >= 15 is 0 Å². The van der Waals surface area contributed by atoms with Gasteiger partial charge < -0.3 is 19.3 Å². The molecule has 1 aliphatic heterocycles. The predicted octanol–water partition coefficient (Wildman–Crippen LogP) is 3.90. The van der Waals surface area contributed by atoms with Crippen molar-refractivity contribution in [3.63, 3.8) is 0 Å². The van der Waals surface area contributed by atoms with Crippen LogP contribution in [0.25, 0.3) is 17.0 Å². The SMILES string of the molecule is Cc1c(C=CC(=O)N2CCN(C(=O)c3ccccc3)CC2)c2ccccc2n1CCCN(C)C. The second kappa shape index (κ2) is 10.7. The Labute approximate surface area is 202 Å². The number of para-hydroxylation sites is 1. The van der Waals surface area contributed by atoms with Crippen LogP contribution in [0.3, 0.4) is 0 Å². The predicted molar refractivity (Wildman–Crippen MR) is 138 cm³/mol. The molecule has 0 bridgehead atoms. The second-order valence-electron chi connectivity index (χ2n) is 9.14. The minimum atomic E-state index is -0.00403. The van der Waals surface area contributed by atoms with Crippen LogP contribution in [0, 0.1) is 6.92 Å². The zero-order valence-corrected chi connectivity index (χ0v) is 20.4. The van der Waals surface area contributed by atoms with Crippen LogP contribution in [-0.2, 0) is 11.3 Å². The monoisotopic (exact) mass is 458 g/mol. The van der Waals surface area contributed by atoms with Crippen LogP contribution in [-0.4, -0.2) is 77.9 Å². The van der Waals surface area contributed by atoms with Gasteiger partial charge in [-0.1, -0.05) is 36.4 Å². The highest BCUT2D eigenvalue weighted by atomic mass is 16.2. The molecule has 6 nitrogen and oxygen atoms in total. The normalized spacial score (nSPS) is 14.5. The fourth-order valence-electron chi connectivity index (χ4n) is 4.65. The maximum absolute atomic E-state index is 12.9. The van der Waals surface area contributed by atoms with Gasteiger partial charge in [0.1, 0.15) is 0 Å². The molecule has 178 valence electrons. The molecule has 0 saturated carbocycles. The van der Waals surface area contributed by atoms with Gasteiger partial charge in [-0.15, -0.1) is 0 Å². The second-order valence-corrected chi connectivity index (χ2v) is 9.14. The van der Waals surface area contributed by atoms with Crippen molar-refractivity contribution in [3.8, 4) is 0 Å². The molecule has 0 unspecified atom stereocenters. The molecule has 1 saturated heterocycles. The quantitative estimate of drug-likeness (QED) is 0.505. The number of carbonyl (C=O) groups excluding carboxylic acids is 2. The number of fused-ring (bicyclic) bond motifs is 1. The number of piperazine rings is 1. The maximum Gasteiger partial charge on any atom is 0.253 e. The lowest BCUT2D eigenvalue weighted by Gasteiger charge is -2.34. The molecule has 3 aromatic rings. The Bertz CT molecular complexity index is 1170. The number of rotatable bonds is 7. The molecular weight excluding hydrogens is 424 g/mol. The third-order valence-corrected chi connectivity index (χ3v) is 6.56. The molecule has 1 fully saturated rings. The fraction of sp³-hybridized carbons (Fsp3) is 0.357. The molecule has 1 aliphatic rings. The standard InChI is InChI=1S/C28H34N4O2/c1-22-24(25-12-7-8-13-26(25)32(22)17-9-16-29(2)3)14-15-27(33)30-18-20-31(21-19-30)28(34)23-10-5-4-6-11-23/h4-8,10-15H,9,16-21H2,1-3H3. The first-order valence-electron chi connectivity index (χ1n) is 12.0. The zero-order chi connectivity index (χ0) is 24.1. The number of amides is 2. The highest BCUT2D eigenvalue weighted by Gasteiger charge is 2.24. The van der Waals surface area contributed by atoms with Crippen molar-refractivity contribution < 1.29 is 9.59 Å². The summed E-state index contributed by atoms with van der Waals surface area (Å²) in [4.78, 5) is 31.5. The van der Waals surface area contributed by atoms with Crippen LogP contribution >= 0.6 is 0 Å². The van der Waals surface area contributed by atoms with Crippen molar-refractivity contribution in [1.29, 1.82) is 0 Å². The smallest absolute Gasteiger partial charge is 0.253 e. The molecule has 2 aromatic carbocycles. The zero-order valence-electron chi connectivity index (χ0n) is 20.4. The molecule has 0 radical (unpaired) electrons. The Morgan fingerprint density at radius 2 is 1.56 bits per heavy atom. The Balaban J connectivity index is 1.43. The summed E-state index contributed by atoms with van der Waals surface area (Å²) in [5.74, 6) is 0.0246. The van der Waals surface area contributed by atoms with Gasteiger partial charge in [-0.2, -0.15) is 0 Å². The van der Waals surface area contributed by atoms with E-state index in [0.29, 0.717) is 31.7 Å². The van der Waals surface area contributed by atoms with E-state index in [1.165, 1.54) is 16.6 Å². The largest absolute Gasteiger partial charge is 0.344 e. The summed E-state index contributed by atoms with van der Waals surface area (Å²) in [6, 6.07) is 17.7. The number of carbonyl (C=O) groups is 2. The molecule has 0 N–H and O–H groups in total. The molecule has 0 aliphatic carbocycles. The molecule has 6 heteroatoms. The van der Waals surface area contributed by atoms with E-state index < -0.39 is 0 Å². The topological polar surface area (TPSA) is 48.8 Å². The number of aryl methyl sites for hydroxylation is 1. The van der Waals surface area contributed by atoms with Crippen LogP contribution in [0.2, 0.25) is 0 Å². The van der Waals surface area contributed by atoms with Gasteiger partial charge >= 0.3 is 0 Å². The number of hydrogen-bond donors (Lipinski definition) is 0. The van der Waals surface area contributed by atoms with Crippen LogP contribution in [0.1, 0.15) is 28.0 Å². The Kier molecular flexibility index (Phi) is 7.48. The van der Waals surface area contributed by atoms with Crippen molar-refractivity contribution in [2.24, 2.45) is 0 Å². The van der Waals surface area contributed by atoms with Gasteiger partial charge in [0.05, 0.1) is 0 Å². The first-order chi connectivity index (χ1) is 16.5. The van der Waals surface area contributed by atoms with Crippen LogP contribution < -0.4 is 0 Å². The average Bonchev–Trinajstić information content (AvgIpc) is 3.13. The molecule has 0 spiro atoms. The third kappa shape index (κ3) is 5.23. The van der Waals surface area contributed by atoms with Crippen LogP contribution in [0.4, 0.5) is 0 Å². The highest BCUT2D eigenvalue weighted by Crippen LogP contribution is 2.27. The lowest BCUT2D eigenvalue weighted by Crippen LogP contribution is -2.50. The number of benzene rings is 2. The van der Waals surface area contributed by atoms with Gasteiger partial charge in [0.15, 0.2) is 0 Å². The molecule has 1 aromatic heterocycles. The van der Waals surface area contributed by atoms with Crippen LogP contribution in [0.15, 0.2) is 60.7 Å². The molecule has 4 rings (SSSR count). The third-order valence-electron chi connectivity index (χ3n) is 6.56. The van der Waals surface area contributed by atoms with Gasteiger partial charge in [-0.3, -0.25) is 9.59 Å². The number of nitrogens with zero attached hydrogens (tertiary/aromatic N) is 4. The summed E-state index contributed by atoms with van der Waals surface area (Å²) in [5, 5.41) is 1.17. The van der Waals surface area contributed by atoms with Gasteiger partial charge in [0.25, 0.3) is 5.91 Å². The number of hydrogen-bond acceptors (Lipinski definition) is 3. The lowest BCUT2D eigenvalue weighted by molar-refractivity contribution is -0.127. The highest BCUT2D eigenvalue weighted by molar-refractivity contribution is 5.98. The molecule has 2 amide bonds. The minimum absolute atomic E-state index is 0.00403. The molecule has 34 heavy (non-hydrogen) atoms. The van der Waals surface area contributed by atoms with Crippen molar-refractivity contribution in [2.45, 2.75) is 19.9 Å². The average molecular weight is 459 g/mol. The van der Waals surface area contributed by atoms with Gasteiger partial charge in [-0.25, -0.2) is 0 Å². The van der Waals surface area contributed by atoms with Crippen molar-refractivity contribution in [3.05, 3.63) is 77.5 Å².